The number of hydrogen-bond donors (Lipinski definition) is 2. The molecule has 3 rings (SSSR count). The zero-order valence-corrected chi connectivity index (χ0v) is 12.6. The van der Waals surface area contributed by atoms with Gasteiger partial charge >= 0.3 is 0 Å². The van der Waals surface area contributed by atoms with Crippen LogP contribution in [0.2, 0.25) is 0 Å². The van der Waals surface area contributed by atoms with E-state index < -0.39 is 12.0 Å². The van der Waals surface area contributed by atoms with Crippen molar-refractivity contribution in [2.75, 3.05) is 0 Å². The number of nitrogens with one attached hydrogen (secondary N) is 1. The smallest absolute Gasteiger partial charge is 0.266 e. The van der Waals surface area contributed by atoms with Crippen molar-refractivity contribution >= 4 is 11.8 Å². The number of primary amides is 1. The number of rotatable bonds is 6. The first-order valence-corrected chi connectivity index (χ1v) is 7.55. The van der Waals surface area contributed by atoms with E-state index in [1.807, 2.05) is 30.3 Å². The molecule has 1 atom stereocenters. The predicted octanol–water partition coefficient (Wildman–Crippen LogP) is 2.18. The van der Waals surface area contributed by atoms with E-state index in [-0.39, 0.29) is 11.9 Å². The van der Waals surface area contributed by atoms with Crippen molar-refractivity contribution in [1.82, 2.24) is 5.32 Å². The maximum absolute atomic E-state index is 12.5. The van der Waals surface area contributed by atoms with E-state index in [1.165, 1.54) is 0 Å². The standard InChI is InChI=1S/C18H18N2O3/c19-17(21)13-6-10-15(11-7-13)23-16(12-4-2-1-3-5-12)18(22)20-14-8-9-14/h1-7,10-11,14,16H,8-9H2,(H2,19,21)(H,20,22)/t16-/m1/s1. The molecule has 0 bridgehead atoms. The van der Waals surface area contributed by atoms with Gasteiger partial charge in [-0.05, 0) is 37.1 Å². The highest BCUT2D eigenvalue weighted by Gasteiger charge is 2.29. The number of amides is 2. The summed E-state index contributed by atoms with van der Waals surface area (Å²) < 4.78 is 5.86. The zero-order valence-electron chi connectivity index (χ0n) is 12.6. The Morgan fingerprint density at radius 3 is 2.26 bits per heavy atom. The second-order valence-corrected chi connectivity index (χ2v) is 5.58. The molecule has 0 radical (unpaired) electrons. The number of nitrogens with two attached hydrogens (primary N) is 1. The van der Waals surface area contributed by atoms with Gasteiger partial charge in [-0.2, -0.15) is 0 Å². The van der Waals surface area contributed by atoms with Gasteiger partial charge in [0.05, 0.1) is 0 Å². The van der Waals surface area contributed by atoms with Crippen LogP contribution in [0.3, 0.4) is 0 Å². The van der Waals surface area contributed by atoms with Gasteiger partial charge in [-0.15, -0.1) is 0 Å². The van der Waals surface area contributed by atoms with Gasteiger partial charge < -0.3 is 15.8 Å². The van der Waals surface area contributed by atoms with Gasteiger partial charge in [0, 0.05) is 17.2 Å². The van der Waals surface area contributed by atoms with Crippen LogP contribution in [-0.2, 0) is 4.79 Å². The molecule has 118 valence electrons. The Labute approximate surface area is 134 Å². The summed E-state index contributed by atoms with van der Waals surface area (Å²) in [6, 6.07) is 16.0. The molecule has 1 aliphatic carbocycles. The molecule has 2 amide bonds. The SMILES string of the molecule is NC(=O)c1ccc(O[C@@H](C(=O)NC2CC2)c2ccccc2)cc1. The Bertz CT molecular complexity index is 694. The summed E-state index contributed by atoms with van der Waals surface area (Å²) in [5.41, 5.74) is 6.40. The van der Waals surface area contributed by atoms with Gasteiger partial charge in [-0.1, -0.05) is 30.3 Å². The third-order valence-corrected chi connectivity index (χ3v) is 3.66. The maximum Gasteiger partial charge on any atom is 0.266 e. The van der Waals surface area contributed by atoms with Gasteiger partial charge in [-0.25, -0.2) is 0 Å². The number of benzene rings is 2. The first-order valence-electron chi connectivity index (χ1n) is 7.55. The van der Waals surface area contributed by atoms with Crippen molar-refractivity contribution in [3.05, 3.63) is 65.7 Å². The quantitative estimate of drug-likeness (QED) is 0.858. The van der Waals surface area contributed by atoms with Crippen molar-refractivity contribution in [1.29, 1.82) is 0 Å². The van der Waals surface area contributed by atoms with E-state index in [0.717, 1.165) is 18.4 Å². The van der Waals surface area contributed by atoms with Crippen molar-refractivity contribution in [3.8, 4) is 5.75 Å². The molecule has 0 heterocycles. The predicted molar refractivity (Wildman–Crippen MR) is 85.9 cm³/mol. The van der Waals surface area contributed by atoms with Crippen LogP contribution in [0.5, 0.6) is 5.75 Å². The average Bonchev–Trinajstić information content (AvgIpc) is 3.37. The van der Waals surface area contributed by atoms with Crippen LogP contribution in [0.1, 0.15) is 34.9 Å². The lowest BCUT2D eigenvalue weighted by Crippen LogP contribution is -2.33. The molecule has 3 N–H and O–H groups in total. The monoisotopic (exact) mass is 310 g/mol. The molecule has 0 unspecified atom stereocenters. The minimum atomic E-state index is -0.726. The average molecular weight is 310 g/mol. The Morgan fingerprint density at radius 2 is 1.70 bits per heavy atom. The third-order valence-electron chi connectivity index (χ3n) is 3.66. The van der Waals surface area contributed by atoms with Gasteiger partial charge in [0.2, 0.25) is 12.0 Å². The minimum absolute atomic E-state index is 0.155. The molecule has 2 aromatic rings. The van der Waals surface area contributed by atoms with Gasteiger partial charge in [0.15, 0.2) is 0 Å². The molecule has 23 heavy (non-hydrogen) atoms. The molecule has 1 aliphatic rings. The molecule has 0 spiro atoms. The highest BCUT2D eigenvalue weighted by atomic mass is 16.5. The number of carbonyl (C=O) groups excluding carboxylic acids is 2. The van der Waals surface area contributed by atoms with Crippen molar-refractivity contribution < 1.29 is 14.3 Å². The molecule has 5 nitrogen and oxygen atoms in total. The molecule has 1 saturated carbocycles. The number of carbonyl (C=O) groups is 2. The summed E-state index contributed by atoms with van der Waals surface area (Å²) in [4.78, 5) is 23.6. The highest BCUT2D eigenvalue weighted by molar-refractivity contribution is 5.92. The van der Waals surface area contributed by atoms with Gasteiger partial charge in [0.1, 0.15) is 5.75 Å². The van der Waals surface area contributed by atoms with E-state index >= 15 is 0 Å². The molecule has 0 aromatic heterocycles. The molecular formula is C18H18N2O3. The summed E-state index contributed by atoms with van der Waals surface area (Å²) >= 11 is 0. The largest absolute Gasteiger partial charge is 0.476 e. The lowest BCUT2D eigenvalue weighted by molar-refractivity contribution is -0.128. The van der Waals surface area contributed by atoms with E-state index in [2.05, 4.69) is 5.32 Å². The van der Waals surface area contributed by atoms with Crippen molar-refractivity contribution in [2.24, 2.45) is 5.73 Å². The summed E-state index contributed by atoms with van der Waals surface area (Å²) in [6.07, 6.45) is 1.30. The number of hydrogen-bond acceptors (Lipinski definition) is 3. The Morgan fingerprint density at radius 1 is 1.04 bits per heavy atom. The fourth-order valence-electron chi connectivity index (χ4n) is 2.24. The Kier molecular flexibility index (Phi) is 4.28. The van der Waals surface area contributed by atoms with Crippen LogP contribution in [0.15, 0.2) is 54.6 Å². The molecule has 5 heteroatoms. The van der Waals surface area contributed by atoms with E-state index in [0.29, 0.717) is 11.3 Å². The summed E-state index contributed by atoms with van der Waals surface area (Å²) in [5.74, 6) is -0.143. The molecule has 0 aliphatic heterocycles. The summed E-state index contributed by atoms with van der Waals surface area (Å²) in [7, 11) is 0. The van der Waals surface area contributed by atoms with Crippen molar-refractivity contribution in [3.63, 3.8) is 0 Å². The van der Waals surface area contributed by atoms with E-state index in [4.69, 9.17) is 10.5 Å². The molecule has 1 fully saturated rings. The third kappa shape index (κ3) is 3.88. The van der Waals surface area contributed by atoms with Gasteiger partial charge in [0.25, 0.3) is 5.91 Å². The fraction of sp³-hybridized carbons (Fsp3) is 0.222. The molecule has 0 saturated heterocycles. The summed E-state index contributed by atoms with van der Waals surface area (Å²) in [6.45, 7) is 0. The van der Waals surface area contributed by atoms with Crippen LogP contribution in [-0.4, -0.2) is 17.9 Å². The topological polar surface area (TPSA) is 81.4 Å². The summed E-state index contributed by atoms with van der Waals surface area (Å²) in [5, 5.41) is 2.96. The lowest BCUT2D eigenvalue weighted by atomic mass is 10.1. The van der Waals surface area contributed by atoms with E-state index in [9.17, 15) is 9.59 Å². The number of ether oxygens (including phenoxy) is 1. The fourth-order valence-corrected chi connectivity index (χ4v) is 2.24. The molecule has 2 aromatic carbocycles. The zero-order chi connectivity index (χ0) is 16.2. The van der Waals surface area contributed by atoms with Crippen LogP contribution in [0.4, 0.5) is 0 Å². The van der Waals surface area contributed by atoms with Crippen LogP contribution in [0, 0.1) is 0 Å². The Hall–Kier alpha value is -2.82. The highest BCUT2D eigenvalue weighted by Crippen LogP contribution is 2.25. The molecular weight excluding hydrogens is 292 g/mol. The second-order valence-electron chi connectivity index (χ2n) is 5.58. The maximum atomic E-state index is 12.5. The Balaban J connectivity index is 1.80. The van der Waals surface area contributed by atoms with Crippen LogP contribution >= 0.6 is 0 Å². The van der Waals surface area contributed by atoms with Crippen molar-refractivity contribution in [2.45, 2.75) is 25.0 Å². The minimum Gasteiger partial charge on any atom is -0.476 e. The van der Waals surface area contributed by atoms with E-state index in [1.54, 1.807) is 24.3 Å². The first-order chi connectivity index (χ1) is 11.1. The normalized spacial score (nSPS) is 14.8. The first kappa shape index (κ1) is 15.1. The van der Waals surface area contributed by atoms with Gasteiger partial charge in [-0.3, -0.25) is 9.59 Å². The second kappa shape index (κ2) is 6.52. The van der Waals surface area contributed by atoms with Crippen LogP contribution in [0.25, 0.3) is 0 Å². The lowest BCUT2D eigenvalue weighted by Gasteiger charge is -2.19. The van der Waals surface area contributed by atoms with Crippen LogP contribution < -0.4 is 15.8 Å².